The third-order valence-corrected chi connectivity index (χ3v) is 4.77. The van der Waals surface area contributed by atoms with Gasteiger partial charge in [-0.2, -0.15) is 0 Å². The van der Waals surface area contributed by atoms with E-state index in [1.807, 2.05) is 0 Å². The third-order valence-electron chi connectivity index (χ3n) is 4.08. The summed E-state index contributed by atoms with van der Waals surface area (Å²) < 4.78 is 10.2. The van der Waals surface area contributed by atoms with Crippen molar-refractivity contribution in [3.63, 3.8) is 0 Å². The van der Waals surface area contributed by atoms with Gasteiger partial charge >= 0.3 is 6.03 Å². The van der Waals surface area contributed by atoms with Crippen molar-refractivity contribution in [2.75, 3.05) is 34.0 Å². The van der Waals surface area contributed by atoms with Gasteiger partial charge in [0.05, 0.1) is 18.8 Å². The Bertz CT molecular complexity index is 352. The maximum atomic E-state index is 12.9. The molecule has 1 aliphatic rings. The minimum atomic E-state index is -0.494. The molecule has 2 amide bonds. The zero-order valence-corrected chi connectivity index (χ0v) is 15.5. The molecule has 0 saturated carbocycles. The Morgan fingerprint density at radius 2 is 1.59 bits per heavy atom. The Hall–Kier alpha value is -0.230. The molecule has 0 aromatic heterocycles. The second-order valence-electron chi connectivity index (χ2n) is 5.78. The van der Waals surface area contributed by atoms with Crippen molar-refractivity contribution in [3.05, 3.63) is 0 Å². The molecule has 1 fully saturated rings. The maximum Gasteiger partial charge on any atom is 0.323 e. The van der Waals surface area contributed by atoms with Gasteiger partial charge in [0.25, 0.3) is 0 Å². The monoisotopic (exact) mass is 354 g/mol. The standard InChI is InChI=1S/C15H28Cl2N2O3/c1-5-7-15(8-6-2)11-18(12(16)9-21-3)14(20)19(15)13(17)10-22-4/h12-13H,5-11H2,1-4H3. The van der Waals surface area contributed by atoms with Gasteiger partial charge in [-0.15, -0.1) is 0 Å². The predicted molar refractivity (Wildman–Crippen MR) is 89.5 cm³/mol. The molecule has 0 bridgehead atoms. The van der Waals surface area contributed by atoms with Gasteiger partial charge in [-0.3, -0.25) is 4.90 Å². The van der Waals surface area contributed by atoms with Crippen molar-refractivity contribution >= 4 is 29.2 Å². The maximum absolute atomic E-state index is 12.9. The average molecular weight is 355 g/mol. The second kappa shape index (κ2) is 9.16. The lowest BCUT2D eigenvalue weighted by Crippen LogP contribution is -2.52. The Balaban J connectivity index is 3.10. The van der Waals surface area contributed by atoms with E-state index in [4.69, 9.17) is 32.7 Å². The van der Waals surface area contributed by atoms with E-state index in [1.165, 1.54) is 0 Å². The van der Waals surface area contributed by atoms with Crippen molar-refractivity contribution in [3.8, 4) is 0 Å². The predicted octanol–water partition coefficient (Wildman–Crippen LogP) is 3.49. The first-order chi connectivity index (χ1) is 10.5. The summed E-state index contributed by atoms with van der Waals surface area (Å²) in [6.07, 6.45) is 3.75. The summed E-state index contributed by atoms with van der Waals surface area (Å²) in [6, 6.07) is -0.129. The SMILES string of the molecule is CCCC1(CCC)CN(C(Cl)COC)C(=O)N1C(Cl)COC. The fourth-order valence-electron chi connectivity index (χ4n) is 3.33. The molecule has 1 rings (SSSR count). The van der Waals surface area contributed by atoms with Crippen molar-refractivity contribution in [2.24, 2.45) is 0 Å². The molecule has 130 valence electrons. The highest BCUT2D eigenvalue weighted by molar-refractivity contribution is 6.23. The van der Waals surface area contributed by atoms with Crippen LogP contribution in [0.4, 0.5) is 4.79 Å². The Kier molecular flexibility index (Phi) is 8.25. The van der Waals surface area contributed by atoms with Crippen LogP contribution >= 0.6 is 23.2 Å². The molecule has 0 spiro atoms. The van der Waals surface area contributed by atoms with E-state index in [0.717, 1.165) is 25.7 Å². The number of ether oxygens (including phenoxy) is 2. The summed E-state index contributed by atoms with van der Waals surface area (Å²) in [5.74, 6) is 0. The summed E-state index contributed by atoms with van der Waals surface area (Å²) in [4.78, 5) is 16.3. The summed E-state index contributed by atoms with van der Waals surface area (Å²) in [7, 11) is 3.17. The molecule has 0 aromatic rings. The highest BCUT2D eigenvalue weighted by atomic mass is 35.5. The van der Waals surface area contributed by atoms with E-state index < -0.39 is 11.0 Å². The van der Waals surface area contributed by atoms with Crippen LogP contribution in [0.2, 0.25) is 0 Å². The highest BCUT2D eigenvalue weighted by Crippen LogP contribution is 2.39. The number of nitrogens with zero attached hydrogens (tertiary/aromatic N) is 2. The summed E-state index contributed by atoms with van der Waals surface area (Å²) in [5.41, 5.74) is -1.26. The number of carbonyl (C=O) groups is 1. The molecule has 0 aromatic carbocycles. The van der Waals surface area contributed by atoms with Crippen molar-refractivity contribution in [1.29, 1.82) is 0 Å². The van der Waals surface area contributed by atoms with E-state index in [0.29, 0.717) is 19.8 Å². The van der Waals surface area contributed by atoms with Crippen LogP contribution in [0.25, 0.3) is 0 Å². The average Bonchev–Trinajstić information content (AvgIpc) is 2.73. The van der Waals surface area contributed by atoms with Gasteiger partial charge in [0.1, 0.15) is 11.0 Å². The van der Waals surface area contributed by atoms with Crippen LogP contribution in [0.5, 0.6) is 0 Å². The lowest BCUT2D eigenvalue weighted by molar-refractivity contribution is 0.0828. The van der Waals surface area contributed by atoms with E-state index in [1.54, 1.807) is 24.0 Å². The van der Waals surface area contributed by atoms with Crippen molar-refractivity contribution in [1.82, 2.24) is 9.80 Å². The molecule has 0 aliphatic carbocycles. The molecule has 5 nitrogen and oxygen atoms in total. The normalized spacial score (nSPS) is 20.5. The molecule has 1 saturated heterocycles. The van der Waals surface area contributed by atoms with Crippen LogP contribution < -0.4 is 0 Å². The van der Waals surface area contributed by atoms with Gasteiger partial charge in [-0.25, -0.2) is 4.79 Å². The van der Waals surface area contributed by atoms with E-state index in [2.05, 4.69) is 13.8 Å². The lowest BCUT2D eigenvalue weighted by Gasteiger charge is -2.39. The van der Waals surface area contributed by atoms with E-state index in [-0.39, 0.29) is 11.6 Å². The minimum absolute atomic E-state index is 0.129. The molecule has 22 heavy (non-hydrogen) atoms. The van der Waals surface area contributed by atoms with E-state index in [9.17, 15) is 4.79 Å². The van der Waals surface area contributed by atoms with Gasteiger partial charge < -0.3 is 14.4 Å². The minimum Gasteiger partial charge on any atom is -0.381 e. The number of carbonyl (C=O) groups excluding carboxylic acids is 1. The molecule has 2 atom stereocenters. The first kappa shape index (κ1) is 19.8. The summed E-state index contributed by atoms with van der Waals surface area (Å²) in [5, 5.41) is 0. The molecular weight excluding hydrogens is 327 g/mol. The van der Waals surface area contributed by atoms with Gasteiger partial charge in [0.2, 0.25) is 0 Å². The van der Waals surface area contributed by atoms with Gasteiger partial charge in [0, 0.05) is 20.8 Å². The molecular formula is C15H28Cl2N2O3. The number of alkyl halides is 2. The number of hydrogen-bond donors (Lipinski definition) is 0. The number of rotatable bonds is 10. The van der Waals surface area contributed by atoms with Crippen LogP contribution in [-0.4, -0.2) is 66.4 Å². The third kappa shape index (κ3) is 4.19. The Morgan fingerprint density at radius 3 is 2.05 bits per heavy atom. The Morgan fingerprint density at radius 1 is 1.09 bits per heavy atom. The Labute approximate surface area is 143 Å². The molecule has 1 aliphatic heterocycles. The van der Waals surface area contributed by atoms with Crippen LogP contribution in [0.15, 0.2) is 0 Å². The lowest BCUT2D eigenvalue weighted by atomic mass is 9.87. The highest BCUT2D eigenvalue weighted by Gasteiger charge is 2.52. The smallest absolute Gasteiger partial charge is 0.323 e. The zero-order valence-electron chi connectivity index (χ0n) is 14.0. The topological polar surface area (TPSA) is 42.0 Å². The van der Waals surface area contributed by atoms with E-state index >= 15 is 0 Å². The van der Waals surface area contributed by atoms with Gasteiger partial charge in [-0.05, 0) is 12.8 Å². The van der Waals surface area contributed by atoms with Gasteiger partial charge in [0.15, 0.2) is 0 Å². The molecule has 0 radical (unpaired) electrons. The molecule has 7 heteroatoms. The summed E-state index contributed by atoms with van der Waals surface area (Å²) >= 11 is 12.8. The second-order valence-corrected chi connectivity index (χ2v) is 6.79. The first-order valence-corrected chi connectivity index (χ1v) is 8.70. The van der Waals surface area contributed by atoms with Crippen molar-refractivity contribution < 1.29 is 14.3 Å². The molecule has 2 unspecified atom stereocenters. The van der Waals surface area contributed by atoms with Crippen molar-refractivity contribution in [2.45, 2.75) is 56.1 Å². The number of hydrogen-bond acceptors (Lipinski definition) is 3. The van der Waals surface area contributed by atoms with Crippen LogP contribution in [0, 0.1) is 0 Å². The quantitative estimate of drug-likeness (QED) is 0.445. The number of urea groups is 1. The number of halogens is 2. The fourth-order valence-corrected chi connectivity index (χ4v) is 4.03. The van der Waals surface area contributed by atoms with Gasteiger partial charge in [-0.1, -0.05) is 49.9 Å². The first-order valence-electron chi connectivity index (χ1n) is 7.83. The summed E-state index contributed by atoms with van der Waals surface area (Å²) in [6.45, 7) is 5.42. The number of methoxy groups -OCH3 is 2. The largest absolute Gasteiger partial charge is 0.381 e. The molecule has 0 N–H and O–H groups in total. The van der Waals surface area contributed by atoms with Crippen LogP contribution in [-0.2, 0) is 9.47 Å². The zero-order chi connectivity index (χ0) is 16.8. The fraction of sp³-hybridized carbons (Fsp3) is 0.933. The molecule has 1 heterocycles. The number of amides is 2. The van der Waals surface area contributed by atoms with Crippen LogP contribution in [0.1, 0.15) is 39.5 Å². The van der Waals surface area contributed by atoms with Crippen LogP contribution in [0.3, 0.4) is 0 Å².